The van der Waals surface area contributed by atoms with Crippen LogP contribution in [0.25, 0.3) is 0 Å². The summed E-state index contributed by atoms with van der Waals surface area (Å²) >= 11 is 0. The number of carboxylic acid groups (broad SMARTS) is 1. The maximum Gasteiger partial charge on any atom is 0.306 e. The zero-order chi connectivity index (χ0) is 15.8. The van der Waals surface area contributed by atoms with Gasteiger partial charge in [-0.1, -0.05) is 19.8 Å². The molecule has 1 rings (SSSR count). The largest absolute Gasteiger partial charge is 0.481 e. The van der Waals surface area contributed by atoms with Gasteiger partial charge in [-0.25, -0.2) is 0 Å². The second kappa shape index (κ2) is 9.03. The number of likely N-dealkylation sites (tertiary alicyclic amines) is 1. The summed E-state index contributed by atoms with van der Waals surface area (Å²) in [7, 11) is 0. The molecule has 0 aliphatic carbocycles. The molecule has 122 valence electrons. The van der Waals surface area contributed by atoms with Gasteiger partial charge in [-0.2, -0.15) is 0 Å². The second-order valence-electron chi connectivity index (χ2n) is 6.26. The summed E-state index contributed by atoms with van der Waals surface area (Å²) in [4.78, 5) is 27.3. The molecule has 1 aliphatic rings. The van der Waals surface area contributed by atoms with Crippen LogP contribution in [0.3, 0.4) is 0 Å². The van der Waals surface area contributed by atoms with Gasteiger partial charge in [0.05, 0.1) is 12.5 Å². The fourth-order valence-corrected chi connectivity index (χ4v) is 2.73. The summed E-state index contributed by atoms with van der Waals surface area (Å²) < 4.78 is 0. The third kappa shape index (κ3) is 6.04. The van der Waals surface area contributed by atoms with Crippen molar-refractivity contribution >= 4 is 11.9 Å². The number of unbranched alkanes of at least 4 members (excludes halogenated alkanes) is 2. The lowest BCUT2D eigenvalue weighted by Gasteiger charge is -2.33. The minimum Gasteiger partial charge on any atom is -0.481 e. The van der Waals surface area contributed by atoms with Crippen molar-refractivity contribution in [1.82, 2.24) is 9.80 Å². The first-order valence-electron chi connectivity index (χ1n) is 8.20. The molecule has 1 saturated heterocycles. The van der Waals surface area contributed by atoms with E-state index in [1.165, 1.54) is 12.8 Å². The van der Waals surface area contributed by atoms with Gasteiger partial charge in [0.15, 0.2) is 0 Å². The van der Waals surface area contributed by atoms with E-state index >= 15 is 0 Å². The summed E-state index contributed by atoms with van der Waals surface area (Å²) in [5, 5.41) is 8.99. The Kier molecular flexibility index (Phi) is 7.72. The Labute approximate surface area is 128 Å². The fourth-order valence-electron chi connectivity index (χ4n) is 2.73. The predicted octanol–water partition coefficient (Wildman–Crippen LogP) is 2.21. The van der Waals surface area contributed by atoms with Gasteiger partial charge in [-0.3, -0.25) is 14.5 Å². The molecule has 0 saturated carbocycles. The highest BCUT2D eigenvalue weighted by atomic mass is 16.4. The average Bonchev–Trinajstić information content (AvgIpc) is 2.46. The Morgan fingerprint density at radius 2 is 1.86 bits per heavy atom. The van der Waals surface area contributed by atoms with Crippen LogP contribution in [0.4, 0.5) is 0 Å². The average molecular weight is 298 g/mol. The lowest BCUT2D eigenvalue weighted by Crippen LogP contribution is -2.46. The van der Waals surface area contributed by atoms with Crippen LogP contribution in [0.15, 0.2) is 0 Å². The van der Waals surface area contributed by atoms with Crippen molar-refractivity contribution in [1.29, 1.82) is 0 Å². The van der Waals surface area contributed by atoms with Crippen LogP contribution in [0.1, 0.15) is 52.9 Å². The topological polar surface area (TPSA) is 60.9 Å². The van der Waals surface area contributed by atoms with E-state index in [9.17, 15) is 9.59 Å². The molecule has 0 spiro atoms. The Balaban J connectivity index is 2.41. The van der Waals surface area contributed by atoms with Crippen molar-refractivity contribution < 1.29 is 14.7 Å². The monoisotopic (exact) mass is 298 g/mol. The molecule has 0 radical (unpaired) electrons. The second-order valence-corrected chi connectivity index (χ2v) is 6.26. The molecule has 1 fully saturated rings. The Morgan fingerprint density at radius 1 is 1.24 bits per heavy atom. The lowest BCUT2D eigenvalue weighted by molar-refractivity contribution is -0.146. The molecule has 0 aromatic carbocycles. The lowest BCUT2D eigenvalue weighted by atomic mass is 9.97. The van der Waals surface area contributed by atoms with Crippen molar-refractivity contribution in [3.05, 3.63) is 0 Å². The number of piperidine rings is 1. The molecule has 0 atom stereocenters. The third-order valence-corrected chi connectivity index (χ3v) is 4.31. The zero-order valence-corrected chi connectivity index (χ0v) is 13.7. The molecule has 5 heteroatoms. The van der Waals surface area contributed by atoms with E-state index in [0.717, 1.165) is 13.0 Å². The first-order valence-corrected chi connectivity index (χ1v) is 8.20. The number of hydrogen-bond donors (Lipinski definition) is 1. The predicted molar refractivity (Wildman–Crippen MR) is 83.2 cm³/mol. The van der Waals surface area contributed by atoms with Crippen molar-refractivity contribution in [2.24, 2.45) is 5.92 Å². The van der Waals surface area contributed by atoms with E-state index in [1.807, 2.05) is 4.90 Å². The van der Waals surface area contributed by atoms with Gasteiger partial charge in [0.1, 0.15) is 0 Å². The van der Waals surface area contributed by atoms with Gasteiger partial charge in [-0.05, 0) is 39.7 Å². The maximum atomic E-state index is 12.4. The quantitative estimate of drug-likeness (QED) is 0.698. The first kappa shape index (κ1) is 18.0. The molecule has 1 N–H and O–H groups in total. The standard InChI is InChI=1S/C16H30N2O3/c1-4-5-6-9-18(13(2)3)12-15(19)17-10-7-14(8-11-17)16(20)21/h13-14H,4-12H2,1-3H3,(H,20,21). The number of hydrogen-bond acceptors (Lipinski definition) is 3. The number of carboxylic acids is 1. The minimum atomic E-state index is -0.731. The van der Waals surface area contributed by atoms with Crippen molar-refractivity contribution in [2.45, 2.75) is 58.9 Å². The summed E-state index contributed by atoms with van der Waals surface area (Å²) in [6, 6.07) is 0.363. The zero-order valence-electron chi connectivity index (χ0n) is 13.7. The van der Waals surface area contributed by atoms with Crippen LogP contribution in [0, 0.1) is 5.92 Å². The molecule has 0 aromatic heterocycles. The van der Waals surface area contributed by atoms with Crippen molar-refractivity contribution in [3.63, 3.8) is 0 Å². The van der Waals surface area contributed by atoms with Gasteiger partial charge in [0, 0.05) is 19.1 Å². The molecule has 21 heavy (non-hydrogen) atoms. The smallest absolute Gasteiger partial charge is 0.306 e. The summed E-state index contributed by atoms with van der Waals surface area (Å²) in [5.74, 6) is -0.866. The first-order chi connectivity index (χ1) is 9.95. The van der Waals surface area contributed by atoms with E-state index in [4.69, 9.17) is 5.11 Å². The van der Waals surface area contributed by atoms with Gasteiger partial charge < -0.3 is 10.0 Å². The molecule has 0 unspecified atom stereocenters. The number of amides is 1. The van der Waals surface area contributed by atoms with Crippen LogP contribution in [-0.2, 0) is 9.59 Å². The Morgan fingerprint density at radius 3 is 2.33 bits per heavy atom. The van der Waals surface area contributed by atoms with Crippen LogP contribution < -0.4 is 0 Å². The molecule has 1 amide bonds. The van der Waals surface area contributed by atoms with Crippen molar-refractivity contribution in [2.75, 3.05) is 26.2 Å². The number of carbonyl (C=O) groups is 2. The van der Waals surface area contributed by atoms with Gasteiger partial charge in [0.2, 0.25) is 5.91 Å². The van der Waals surface area contributed by atoms with E-state index in [0.29, 0.717) is 38.5 Å². The summed E-state index contributed by atoms with van der Waals surface area (Å²) in [6.07, 6.45) is 4.67. The molecular formula is C16H30N2O3. The SMILES string of the molecule is CCCCCN(CC(=O)N1CCC(C(=O)O)CC1)C(C)C. The van der Waals surface area contributed by atoms with Gasteiger partial charge >= 0.3 is 5.97 Å². The number of rotatable bonds is 8. The molecular weight excluding hydrogens is 268 g/mol. The highest BCUT2D eigenvalue weighted by Crippen LogP contribution is 2.17. The molecule has 5 nitrogen and oxygen atoms in total. The number of nitrogens with zero attached hydrogens (tertiary/aromatic N) is 2. The van der Waals surface area contributed by atoms with Crippen LogP contribution >= 0.6 is 0 Å². The molecule has 0 aromatic rings. The van der Waals surface area contributed by atoms with Gasteiger partial charge in [0.25, 0.3) is 0 Å². The maximum absolute atomic E-state index is 12.4. The van der Waals surface area contributed by atoms with E-state index < -0.39 is 5.97 Å². The third-order valence-electron chi connectivity index (χ3n) is 4.31. The van der Waals surface area contributed by atoms with E-state index in [-0.39, 0.29) is 11.8 Å². The van der Waals surface area contributed by atoms with Crippen LogP contribution in [-0.4, -0.2) is 59.0 Å². The van der Waals surface area contributed by atoms with E-state index in [2.05, 4.69) is 25.7 Å². The number of aliphatic carboxylic acids is 1. The minimum absolute atomic E-state index is 0.143. The summed E-state index contributed by atoms with van der Waals surface area (Å²) in [6.45, 7) is 9.00. The van der Waals surface area contributed by atoms with Gasteiger partial charge in [-0.15, -0.1) is 0 Å². The van der Waals surface area contributed by atoms with E-state index in [1.54, 1.807) is 0 Å². The van der Waals surface area contributed by atoms with Crippen LogP contribution in [0.5, 0.6) is 0 Å². The van der Waals surface area contributed by atoms with Crippen LogP contribution in [0.2, 0.25) is 0 Å². The Bertz CT molecular complexity index is 336. The highest BCUT2D eigenvalue weighted by Gasteiger charge is 2.27. The summed E-state index contributed by atoms with van der Waals surface area (Å²) in [5.41, 5.74) is 0. The highest BCUT2D eigenvalue weighted by molar-refractivity contribution is 5.79. The molecule has 1 aliphatic heterocycles. The molecule has 1 heterocycles. The number of carbonyl (C=O) groups excluding carboxylic acids is 1. The fraction of sp³-hybridized carbons (Fsp3) is 0.875. The Hall–Kier alpha value is -1.10. The van der Waals surface area contributed by atoms with Crippen molar-refractivity contribution in [3.8, 4) is 0 Å². The normalized spacial score (nSPS) is 16.7. The molecule has 0 bridgehead atoms.